The fraction of sp³-hybridized carbons (Fsp3) is 0.250. The van der Waals surface area contributed by atoms with Gasteiger partial charge in [0.2, 0.25) is 5.88 Å². The van der Waals surface area contributed by atoms with Gasteiger partial charge in [-0.05, 0) is 18.2 Å². The molecule has 120 valence electrons. The van der Waals surface area contributed by atoms with Crippen molar-refractivity contribution in [3.63, 3.8) is 0 Å². The summed E-state index contributed by atoms with van der Waals surface area (Å²) in [5.41, 5.74) is 1.43. The summed E-state index contributed by atoms with van der Waals surface area (Å²) in [5.74, 6) is 1.27. The fourth-order valence-corrected chi connectivity index (χ4v) is 4.30. The molecule has 4 nitrogen and oxygen atoms in total. The van der Waals surface area contributed by atoms with E-state index in [1.165, 1.54) is 6.20 Å². The largest absolute Gasteiger partial charge is 0.481 e. The maximum Gasteiger partial charge on any atom is 0.256 e. The molecule has 1 fully saturated rings. The minimum Gasteiger partial charge on any atom is -0.481 e. The van der Waals surface area contributed by atoms with Gasteiger partial charge in [0.25, 0.3) is 5.91 Å². The van der Waals surface area contributed by atoms with Gasteiger partial charge in [-0.15, -0.1) is 11.8 Å². The predicted molar refractivity (Wildman–Crippen MR) is 93.5 cm³/mol. The van der Waals surface area contributed by atoms with E-state index in [4.69, 9.17) is 27.9 Å². The fourth-order valence-electron chi connectivity index (χ4n) is 2.43. The molecule has 0 aliphatic carbocycles. The Kier molecular flexibility index (Phi) is 4.99. The summed E-state index contributed by atoms with van der Waals surface area (Å²) < 4.78 is 5.02. The number of amides is 1. The third kappa shape index (κ3) is 3.42. The molecular formula is C16H14Cl2N2O2S. The van der Waals surface area contributed by atoms with Gasteiger partial charge in [0.15, 0.2) is 0 Å². The van der Waals surface area contributed by atoms with Crippen molar-refractivity contribution < 1.29 is 9.53 Å². The first kappa shape index (κ1) is 16.4. The van der Waals surface area contributed by atoms with Crippen LogP contribution in [0.2, 0.25) is 10.0 Å². The lowest BCUT2D eigenvalue weighted by atomic mass is 10.2. The number of hydrogen-bond donors (Lipinski definition) is 0. The molecule has 2 heterocycles. The number of benzene rings is 1. The second kappa shape index (κ2) is 6.99. The summed E-state index contributed by atoms with van der Waals surface area (Å²) in [4.78, 5) is 18.7. The van der Waals surface area contributed by atoms with Gasteiger partial charge in [0, 0.05) is 40.2 Å². The summed E-state index contributed by atoms with van der Waals surface area (Å²) in [6, 6.07) is 8.77. The van der Waals surface area contributed by atoms with Crippen molar-refractivity contribution in [3.05, 3.63) is 57.7 Å². The Morgan fingerprint density at radius 1 is 1.35 bits per heavy atom. The third-order valence-corrected chi connectivity index (χ3v) is 5.38. The zero-order chi connectivity index (χ0) is 16.4. The monoisotopic (exact) mass is 368 g/mol. The number of halogens is 2. The van der Waals surface area contributed by atoms with Crippen molar-refractivity contribution in [3.8, 4) is 5.88 Å². The Morgan fingerprint density at radius 2 is 2.17 bits per heavy atom. The zero-order valence-electron chi connectivity index (χ0n) is 12.3. The molecule has 0 saturated carbocycles. The molecule has 1 aromatic carbocycles. The molecule has 1 aromatic heterocycles. The van der Waals surface area contributed by atoms with Gasteiger partial charge in [-0.3, -0.25) is 4.79 Å². The highest BCUT2D eigenvalue weighted by Gasteiger charge is 2.32. The Hall–Kier alpha value is -1.43. The highest BCUT2D eigenvalue weighted by atomic mass is 35.5. The summed E-state index contributed by atoms with van der Waals surface area (Å²) in [5, 5.41) is 1.04. The van der Waals surface area contributed by atoms with Gasteiger partial charge in [-0.25, -0.2) is 4.98 Å². The van der Waals surface area contributed by atoms with Crippen molar-refractivity contribution in [2.75, 3.05) is 19.4 Å². The maximum atomic E-state index is 12.8. The molecular weight excluding hydrogens is 355 g/mol. The number of rotatable bonds is 3. The minimum absolute atomic E-state index is 0.0684. The van der Waals surface area contributed by atoms with E-state index in [-0.39, 0.29) is 11.3 Å². The molecule has 23 heavy (non-hydrogen) atoms. The second-order valence-electron chi connectivity index (χ2n) is 4.98. The molecule has 1 unspecified atom stereocenters. The predicted octanol–water partition coefficient (Wildman–Crippen LogP) is 4.28. The van der Waals surface area contributed by atoms with E-state index >= 15 is 0 Å². The van der Waals surface area contributed by atoms with Crippen molar-refractivity contribution in [2.45, 2.75) is 5.37 Å². The number of nitrogens with zero attached hydrogens (tertiary/aromatic N) is 2. The van der Waals surface area contributed by atoms with Crippen LogP contribution in [0.5, 0.6) is 5.88 Å². The Morgan fingerprint density at radius 3 is 2.83 bits per heavy atom. The average molecular weight is 369 g/mol. The number of thioether (sulfide) groups is 1. The van der Waals surface area contributed by atoms with E-state index in [1.807, 2.05) is 11.0 Å². The van der Waals surface area contributed by atoms with Crippen molar-refractivity contribution >= 4 is 40.9 Å². The Bertz CT molecular complexity index is 725. The SMILES string of the molecule is COc1ccc(C(=O)N2CCSC2c2ccc(Cl)cc2Cl)cn1. The van der Waals surface area contributed by atoms with E-state index in [0.717, 1.165) is 11.3 Å². The van der Waals surface area contributed by atoms with Gasteiger partial charge in [-0.2, -0.15) is 0 Å². The first-order valence-corrected chi connectivity index (χ1v) is 8.78. The van der Waals surface area contributed by atoms with Crippen molar-refractivity contribution in [1.82, 2.24) is 9.88 Å². The summed E-state index contributed by atoms with van der Waals surface area (Å²) in [6.07, 6.45) is 1.53. The molecule has 1 amide bonds. The highest BCUT2D eigenvalue weighted by molar-refractivity contribution is 7.99. The first-order chi connectivity index (χ1) is 11.1. The van der Waals surface area contributed by atoms with E-state index in [9.17, 15) is 4.79 Å². The molecule has 1 aliphatic rings. The number of aromatic nitrogens is 1. The lowest BCUT2D eigenvalue weighted by molar-refractivity contribution is 0.0760. The highest BCUT2D eigenvalue weighted by Crippen LogP contribution is 2.42. The Balaban J connectivity index is 1.86. The smallest absolute Gasteiger partial charge is 0.256 e. The van der Waals surface area contributed by atoms with Gasteiger partial charge < -0.3 is 9.64 Å². The van der Waals surface area contributed by atoms with Crippen LogP contribution in [0, 0.1) is 0 Å². The normalized spacial score (nSPS) is 17.3. The third-order valence-electron chi connectivity index (χ3n) is 3.57. The van der Waals surface area contributed by atoms with Gasteiger partial charge >= 0.3 is 0 Å². The number of hydrogen-bond acceptors (Lipinski definition) is 4. The lowest BCUT2D eigenvalue weighted by Gasteiger charge is -2.25. The van der Waals surface area contributed by atoms with Crippen LogP contribution >= 0.6 is 35.0 Å². The lowest BCUT2D eigenvalue weighted by Crippen LogP contribution is -2.30. The average Bonchev–Trinajstić information content (AvgIpc) is 3.03. The van der Waals surface area contributed by atoms with Gasteiger partial charge in [0.05, 0.1) is 12.7 Å². The van der Waals surface area contributed by atoms with E-state index in [0.29, 0.717) is 28.0 Å². The molecule has 1 saturated heterocycles. The maximum absolute atomic E-state index is 12.8. The van der Waals surface area contributed by atoms with Crippen LogP contribution in [-0.4, -0.2) is 35.2 Å². The molecule has 1 atom stereocenters. The van der Waals surface area contributed by atoms with Gasteiger partial charge in [-0.1, -0.05) is 29.3 Å². The molecule has 2 aromatic rings. The number of carbonyl (C=O) groups is 1. The van der Waals surface area contributed by atoms with Gasteiger partial charge in [0.1, 0.15) is 5.37 Å². The van der Waals surface area contributed by atoms with Crippen LogP contribution in [-0.2, 0) is 0 Å². The zero-order valence-corrected chi connectivity index (χ0v) is 14.7. The van der Waals surface area contributed by atoms with E-state index < -0.39 is 0 Å². The van der Waals surface area contributed by atoms with Crippen molar-refractivity contribution in [1.29, 1.82) is 0 Å². The van der Waals surface area contributed by atoms with E-state index in [2.05, 4.69) is 4.98 Å². The van der Waals surface area contributed by atoms with E-state index in [1.54, 1.807) is 43.1 Å². The minimum atomic E-state index is -0.116. The van der Waals surface area contributed by atoms with Crippen LogP contribution in [0.3, 0.4) is 0 Å². The van der Waals surface area contributed by atoms with Crippen LogP contribution < -0.4 is 4.74 Å². The number of methoxy groups -OCH3 is 1. The number of carbonyl (C=O) groups excluding carboxylic acids is 1. The standard InChI is InChI=1S/C16H14Cl2N2O2S/c1-22-14-5-2-10(9-19-14)15(21)20-6-7-23-16(20)12-4-3-11(17)8-13(12)18/h2-5,8-9,16H,6-7H2,1H3. The first-order valence-electron chi connectivity index (χ1n) is 6.97. The van der Waals surface area contributed by atoms with Crippen LogP contribution in [0.25, 0.3) is 0 Å². The summed E-state index contributed by atoms with van der Waals surface area (Å²) in [7, 11) is 1.54. The van der Waals surface area contributed by atoms with Crippen molar-refractivity contribution in [2.24, 2.45) is 0 Å². The second-order valence-corrected chi connectivity index (χ2v) is 7.01. The molecule has 0 bridgehead atoms. The number of ether oxygens (including phenoxy) is 1. The molecule has 0 N–H and O–H groups in total. The Labute approximate surface area is 148 Å². The quantitative estimate of drug-likeness (QED) is 0.810. The summed E-state index contributed by atoms with van der Waals surface area (Å²) in [6.45, 7) is 0.666. The molecule has 7 heteroatoms. The topological polar surface area (TPSA) is 42.4 Å². The summed E-state index contributed by atoms with van der Waals surface area (Å²) >= 11 is 13.9. The van der Waals surface area contributed by atoms with Crippen LogP contribution in [0.1, 0.15) is 21.3 Å². The van der Waals surface area contributed by atoms with Crippen LogP contribution in [0.15, 0.2) is 36.5 Å². The molecule has 0 radical (unpaired) electrons. The number of pyridine rings is 1. The molecule has 3 rings (SSSR count). The molecule has 0 spiro atoms. The van der Waals surface area contributed by atoms with Crippen LogP contribution in [0.4, 0.5) is 0 Å². The molecule has 1 aliphatic heterocycles.